The van der Waals surface area contributed by atoms with Crippen molar-refractivity contribution in [3.63, 3.8) is 0 Å². The number of hydrogen-bond acceptors (Lipinski definition) is 2. The zero-order valence-electron chi connectivity index (χ0n) is 14.8. The molecule has 4 nitrogen and oxygen atoms in total. The average Bonchev–Trinajstić information content (AvgIpc) is 3.10. The maximum Gasteiger partial charge on any atom is 0.253 e. The van der Waals surface area contributed by atoms with E-state index in [0.29, 0.717) is 19.1 Å². The second kappa shape index (κ2) is 7.37. The minimum Gasteiger partial charge on any atom is -0.353 e. The molecule has 1 aliphatic heterocycles. The monoisotopic (exact) mass is 328 g/mol. The molecule has 1 aliphatic carbocycles. The highest BCUT2D eigenvalue weighted by Crippen LogP contribution is 2.22. The quantitative estimate of drug-likeness (QED) is 0.926. The van der Waals surface area contributed by atoms with Crippen LogP contribution in [-0.4, -0.2) is 35.8 Å². The molecule has 4 heteroatoms. The number of carbonyl (C=O) groups is 2. The van der Waals surface area contributed by atoms with Gasteiger partial charge in [-0.25, -0.2) is 0 Å². The van der Waals surface area contributed by atoms with E-state index in [4.69, 9.17) is 0 Å². The van der Waals surface area contributed by atoms with Crippen LogP contribution in [0.4, 0.5) is 0 Å². The molecule has 1 aromatic rings. The lowest BCUT2D eigenvalue weighted by atomic mass is 9.94. The van der Waals surface area contributed by atoms with Gasteiger partial charge in [0.25, 0.3) is 5.91 Å². The fraction of sp³-hybridized carbons (Fsp3) is 0.600. The molecule has 2 amide bonds. The lowest BCUT2D eigenvalue weighted by molar-refractivity contribution is -0.127. The summed E-state index contributed by atoms with van der Waals surface area (Å²) in [5.41, 5.74) is 3.10. The molecule has 1 aromatic carbocycles. The van der Waals surface area contributed by atoms with Crippen LogP contribution in [0.1, 0.15) is 60.0 Å². The summed E-state index contributed by atoms with van der Waals surface area (Å²) in [7, 11) is 0. The van der Waals surface area contributed by atoms with Crippen molar-refractivity contribution in [2.24, 2.45) is 5.92 Å². The third-order valence-electron chi connectivity index (χ3n) is 5.61. The van der Waals surface area contributed by atoms with Gasteiger partial charge in [0, 0.05) is 30.6 Å². The molecule has 1 heterocycles. The van der Waals surface area contributed by atoms with E-state index >= 15 is 0 Å². The molecule has 0 bridgehead atoms. The maximum absolute atomic E-state index is 12.6. The number of piperidine rings is 1. The van der Waals surface area contributed by atoms with E-state index in [9.17, 15) is 9.59 Å². The van der Waals surface area contributed by atoms with E-state index < -0.39 is 0 Å². The zero-order chi connectivity index (χ0) is 17.1. The van der Waals surface area contributed by atoms with E-state index in [1.54, 1.807) is 0 Å². The predicted molar refractivity (Wildman–Crippen MR) is 94.9 cm³/mol. The molecule has 0 spiro atoms. The second-order valence-electron chi connectivity index (χ2n) is 7.36. The van der Waals surface area contributed by atoms with Crippen LogP contribution in [-0.2, 0) is 4.79 Å². The number of nitrogens with one attached hydrogen (secondary N) is 1. The predicted octanol–water partition coefficient (Wildman–Crippen LogP) is 3.21. The van der Waals surface area contributed by atoms with Crippen molar-refractivity contribution >= 4 is 11.8 Å². The van der Waals surface area contributed by atoms with Gasteiger partial charge in [-0.3, -0.25) is 9.59 Å². The first kappa shape index (κ1) is 17.0. The van der Waals surface area contributed by atoms with Crippen molar-refractivity contribution in [2.45, 2.75) is 58.4 Å². The number of nitrogens with zero attached hydrogens (tertiary/aromatic N) is 1. The van der Waals surface area contributed by atoms with Crippen molar-refractivity contribution in [2.75, 3.05) is 13.1 Å². The molecule has 24 heavy (non-hydrogen) atoms. The number of carbonyl (C=O) groups excluding carboxylic acids is 2. The van der Waals surface area contributed by atoms with E-state index in [2.05, 4.69) is 12.2 Å². The number of likely N-dealkylation sites (tertiary alicyclic amines) is 1. The number of amides is 2. The van der Waals surface area contributed by atoms with Gasteiger partial charge in [0.1, 0.15) is 0 Å². The Kier molecular flexibility index (Phi) is 5.22. The van der Waals surface area contributed by atoms with Gasteiger partial charge < -0.3 is 10.2 Å². The lowest BCUT2D eigenvalue weighted by Gasteiger charge is -2.32. The minimum absolute atomic E-state index is 0.0643. The highest BCUT2D eigenvalue weighted by atomic mass is 16.2. The molecule has 1 N–H and O–H groups in total. The highest BCUT2D eigenvalue weighted by Gasteiger charge is 2.29. The lowest BCUT2D eigenvalue weighted by Crippen LogP contribution is -2.44. The van der Waals surface area contributed by atoms with Crippen LogP contribution in [0.3, 0.4) is 0 Å². The highest BCUT2D eigenvalue weighted by molar-refractivity contribution is 5.94. The van der Waals surface area contributed by atoms with Crippen molar-refractivity contribution in [1.82, 2.24) is 10.2 Å². The normalized spacial score (nSPS) is 19.5. The molecule has 0 radical (unpaired) electrons. The Hall–Kier alpha value is -1.84. The first-order chi connectivity index (χ1) is 11.5. The Morgan fingerprint density at radius 2 is 1.67 bits per heavy atom. The summed E-state index contributed by atoms with van der Waals surface area (Å²) in [5, 5.41) is 3.20. The van der Waals surface area contributed by atoms with E-state index in [0.717, 1.165) is 36.8 Å². The largest absolute Gasteiger partial charge is 0.353 e. The van der Waals surface area contributed by atoms with Gasteiger partial charge in [0.15, 0.2) is 0 Å². The van der Waals surface area contributed by atoms with Crippen LogP contribution >= 0.6 is 0 Å². The number of aryl methyl sites for hydroxylation is 2. The smallest absolute Gasteiger partial charge is 0.253 e. The van der Waals surface area contributed by atoms with E-state index in [-0.39, 0.29) is 17.7 Å². The molecule has 2 aliphatic rings. The number of hydrogen-bond donors (Lipinski definition) is 1. The molecule has 2 fully saturated rings. The molecule has 1 saturated heterocycles. The van der Waals surface area contributed by atoms with Gasteiger partial charge in [-0.1, -0.05) is 18.9 Å². The number of rotatable bonds is 3. The molecular weight excluding hydrogens is 300 g/mol. The topological polar surface area (TPSA) is 49.4 Å². The Bertz CT molecular complexity index is 612. The third-order valence-corrected chi connectivity index (χ3v) is 5.61. The van der Waals surface area contributed by atoms with Crippen LogP contribution in [0.15, 0.2) is 18.2 Å². The van der Waals surface area contributed by atoms with E-state index in [1.807, 2.05) is 30.0 Å². The van der Waals surface area contributed by atoms with Gasteiger partial charge >= 0.3 is 0 Å². The van der Waals surface area contributed by atoms with Crippen LogP contribution in [0.25, 0.3) is 0 Å². The zero-order valence-corrected chi connectivity index (χ0v) is 14.8. The van der Waals surface area contributed by atoms with Crippen LogP contribution in [0.2, 0.25) is 0 Å². The Balaban J connectivity index is 1.53. The maximum atomic E-state index is 12.6. The Morgan fingerprint density at radius 3 is 2.29 bits per heavy atom. The Labute approximate surface area is 144 Å². The molecule has 1 saturated carbocycles. The van der Waals surface area contributed by atoms with Crippen molar-refractivity contribution in [3.05, 3.63) is 34.9 Å². The summed E-state index contributed by atoms with van der Waals surface area (Å²) in [4.78, 5) is 26.9. The summed E-state index contributed by atoms with van der Waals surface area (Å²) in [6.45, 7) is 5.44. The average molecular weight is 328 g/mol. The molecule has 0 aromatic heterocycles. The summed E-state index contributed by atoms with van der Waals surface area (Å²) >= 11 is 0. The molecule has 0 unspecified atom stereocenters. The first-order valence-electron chi connectivity index (χ1n) is 9.21. The fourth-order valence-corrected chi connectivity index (χ4v) is 3.79. The van der Waals surface area contributed by atoms with Gasteiger partial charge in [0.05, 0.1) is 0 Å². The van der Waals surface area contributed by atoms with Crippen LogP contribution < -0.4 is 5.32 Å². The third kappa shape index (κ3) is 3.80. The summed E-state index contributed by atoms with van der Waals surface area (Å²) in [6, 6.07) is 6.26. The molecule has 3 rings (SSSR count). The summed E-state index contributed by atoms with van der Waals surface area (Å²) in [6.07, 6.45) is 6.25. The molecular formula is C20H28N2O2. The van der Waals surface area contributed by atoms with Gasteiger partial charge in [-0.15, -0.1) is 0 Å². The van der Waals surface area contributed by atoms with Crippen LogP contribution in [0, 0.1) is 19.8 Å². The SMILES string of the molecule is Cc1ccc(C(=O)N2CCC(C(=O)NC3CCCC3)CC2)cc1C. The van der Waals surface area contributed by atoms with E-state index in [1.165, 1.54) is 18.4 Å². The van der Waals surface area contributed by atoms with Crippen molar-refractivity contribution in [3.8, 4) is 0 Å². The standard InChI is InChI=1S/C20H28N2O2/c1-14-7-8-17(13-15(14)2)20(24)22-11-9-16(10-12-22)19(23)21-18-5-3-4-6-18/h7-8,13,16,18H,3-6,9-12H2,1-2H3,(H,21,23). The summed E-state index contributed by atoms with van der Waals surface area (Å²) < 4.78 is 0. The van der Waals surface area contributed by atoms with Gasteiger partial charge in [-0.05, 0) is 62.8 Å². The molecule has 0 atom stereocenters. The van der Waals surface area contributed by atoms with Gasteiger partial charge in [0.2, 0.25) is 5.91 Å². The van der Waals surface area contributed by atoms with Crippen molar-refractivity contribution < 1.29 is 9.59 Å². The Morgan fingerprint density at radius 1 is 1.00 bits per heavy atom. The number of benzene rings is 1. The fourth-order valence-electron chi connectivity index (χ4n) is 3.79. The first-order valence-corrected chi connectivity index (χ1v) is 9.21. The van der Waals surface area contributed by atoms with Gasteiger partial charge in [-0.2, -0.15) is 0 Å². The summed E-state index contributed by atoms with van der Waals surface area (Å²) in [5.74, 6) is 0.349. The second-order valence-corrected chi connectivity index (χ2v) is 7.36. The molecule has 130 valence electrons. The minimum atomic E-state index is 0.0643. The van der Waals surface area contributed by atoms with Crippen LogP contribution in [0.5, 0.6) is 0 Å². The van der Waals surface area contributed by atoms with Crippen molar-refractivity contribution in [1.29, 1.82) is 0 Å².